The average Bonchev–Trinajstić information content (AvgIpc) is 3.51. The third kappa shape index (κ3) is 4.14. The molecule has 1 N–H and O–H groups in total. The number of amides is 2. The van der Waals surface area contributed by atoms with Crippen molar-refractivity contribution in [2.24, 2.45) is 0 Å². The molecule has 0 spiro atoms. The number of aromatic nitrogens is 1. The minimum absolute atomic E-state index is 0.256. The summed E-state index contributed by atoms with van der Waals surface area (Å²) in [4.78, 5) is 19.5. The van der Waals surface area contributed by atoms with Crippen LogP contribution in [0.4, 0.5) is 14.9 Å². The number of methoxy groups -OCH3 is 2. The predicted molar refractivity (Wildman–Crippen MR) is 127 cm³/mol. The Balaban J connectivity index is 1.39. The number of hydrogen-bond donors (Lipinski definition) is 1. The Morgan fingerprint density at radius 2 is 1.94 bits per heavy atom. The number of likely N-dealkylation sites (tertiary alicyclic amines) is 1. The topological polar surface area (TPSA) is 76.8 Å². The van der Waals surface area contributed by atoms with Crippen LogP contribution < -0.4 is 14.8 Å². The van der Waals surface area contributed by atoms with Crippen molar-refractivity contribution in [2.75, 3.05) is 26.1 Å². The fourth-order valence-electron chi connectivity index (χ4n) is 4.29. The van der Waals surface area contributed by atoms with E-state index in [0.717, 1.165) is 24.0 Å². The van der Waals surface area contributed by atoms with Gasteiger partial charge in [0.1, 0.15) is 28.9 Å². The smallest absolute Gasteiger partial charge is 0.322 e. The predicted octanol–water partition coefficient (Wildman–Crippen LogP) is 6.02. The maximum absolute atomic E-state index is 13.6. The lowest BCUT2D eigenvalue weighted by atomic mass is 10.1. The largest absolute Gasteiger partial charge is 0.497 e. The number of halogens is 1. The zero-order chi connectivity index (χ0) is 23.7. The molecule has 3 aromatic carbocycles. The Morgan fingerprint density at radius 1 is 1.09 bits per heavy atom. The Morgan fingerprint density at radius 3 is 2.74 bits per heavy atom. The second-order valence-electron chi connectivity index (χ2n) is 8.09. The van der Waals surface area contributed by atoms with Gasteiger partial charge in [-0.15, -0.1) is 0 Å². The Labute approximate surface area is 196 Å². The molecule has 1 aliphatic heterocycles. The average molecular weight is 461 g/mol. The molecular formula is C26H24FN3O4. The van der Waals surface area contributed by atoms with Crippen molar-refractivity contribution in [1.29, 1.82) is 0 Å². The molecule has 1 saturated heterocycles. The van der Waals surface area contributed by atoms with Crippen LogP contribution in [0.15, 0.2) is 65.1 Å². The maximum atomic E-state index is 13.6. The normalized spacial score (nSPS) is 15.5. The highest BCUT2D eigenvalue weighted by molar-refractivity contribution is 5.91. The van der Waals surface area contributed by atoms with E-state index in [1.807, 2.05) is 24.3 Å². The highest BCUT2D eigenvalue weighted by atomic mass is 19.1. The zero-order valence-electron chi connectivity index (χ0n) is 18.9. The number of ether oxygens (including phenoxy) is 2. The van der Waals surface area contributed by atoms with Gasteiger partial charge >= 0.3 is 6.03 Å². The summed E-state index contributed by atoms with van der Waals surface area (Å²) in [5, 5.41) is 2.93. The SMILES string of the molecule is COc1ccc(NC(=O)N2CCC[C@@H]2c2nc3cc(-c4cccc(F)c4)ccc3o2)c(OC)c1. The van der Waals surface area contributed by atoms with Gasteiger partial charge in [0.25, 0.3) is 0 Å². The van der Waals surface area contributed by atoms with Crippen LogP contribution in [0.5, 0.6) is 11.5 Å². The van der Waals surface area contributed by atoms with Crippen LogP contribution in [-0.2, 0) is 0 Å². The van der Waals surface area contributed by atoms with E-state index >= 15 is 0 Å². The van der Waals surface area contributed by atoms with Gasteiger partial charge in [0.15, 0.2) is 5.58 Å². The lowest BCUT2D eigenvalue weighted by molar-refractivity contribution is 0.198. The molecule has 2 amide bonds. The lowest BCUT2D eigenvalue weighted by Gasteiger charge is -2.23. The minimum atomic E-state index is -0.292. The Bertz CT molecular complexity index is 1350. The van der Waals surface area contributed by atoms with E-state index in [9.17, 15) is 9.18 Å². The number of carbonyl (C=O) groups is 1. The Kier molecular flexibility index (Phi) is 5.79. The fraction of sp³-hybridized carbons (Fsp3) is 0.231. The summed E-state index contributed by atoms with van der Waals surface area (Å²) in [5.41, 5.74) is 3.46. The van der Waals surface area contributed by atoms with Crippen LogP contribution in [0.2, 0.25) is 0 Å². The monoisotopic (exact) mass is 461 g/mol. The third-order valence-electron chi connectivity index (χ3n) is 6.01. The van der Waals surface area contributed by atoms with E-state index < -0.39 is 0 Å². The van der Waals surface area contributed by atoms with Crippen molar-refractivity contribution < 1.29 is 23.1 Å². The number of benzene rings is 3. The van der Waals surface area contributed by atoms with Gasteiger partial charge in [-0.2, -0.15) is 0 Å². The number of rotatable bonds is 5. The molecular weight excluding hydrogens is 437 g/mol. The van der Waals surface area contributed by atoms with Crippen molar-refractivity contribution in [3.8, 4) is 22.6 Å². The molecule has 0 bridgehead atoms. The number of nitrogens with zero attached hydrogens (tertiary/aromatic N) is 2. The van der Waals surface area contributed by atoms with Crippen molar-refractivity contribution >= 4 is 22.8 Å². The van der Waals surface area contributed by atoms with Crippen molar-refractivity contribution in [3.05, 3.63) is 72.4 Å². The van der Waals surface area contributed by atoms with E-state index in [-0.39, 0.29) is 17.9 Å². The molecule has 1 atom stereocenters. The molecule has 1 fully saturated rings. The highest BCUT2D eigenvalue weighted by Crippen LogP contribution is 2.36. The van der Waals surface area contributed by atoms with E-state index in [1.54, 1.807) is 43.4 Å². The second-order valence-corrected chi connectivity index (χ2v) is 8.09. The summed E-state index contributed by atoms with van der Waals surface area (Å²) in [6, 6.07) is 16.7. The highest BCUT2D eigenvalue weighted by Gasteiger charge is 2.34. The number of oxazole rings is 1. The molecule has 2 heterocycles. The van der Waals surface area contributed by atoms with Crippen molar-refractivity contribution in [3.63, 3.8) is 0 Å². The number of nitrogens with one attached hydrogen (secondary N) is 1. The second kappa shape index (κ2) is 9.05. The Hall–Kier alpha value is -4.07. The number of carbonyl (C=O) groups excluding carboxylic acids is 1. The van der Waals surface area contributed by atoms with Gasteiger partial charge in [-0.3, -0.25) is 0 Å². The summed E-state index contributed by atoms with van der Waals surface area (Å²) in [6.07, 6.45) is 1.59. The summed E-state index contributed by atoms with van der Waals surface area (Å²) in [5.74, 6) is 1.34. The first-order chi connectivity index (χ1) is 16.6. The number of hydrogen-bond acceptors (Lipinski definition) is 5. The molecule has 34 heavy (non-hydrogen) atoms. The summed E-state index contributed by atoms with van der Waals surface area (Å²) in [6.45, 7) is 0.586. The fourth-order valence-corrected chi connectivity index (χ4v) is 4.29. The van der Waals surface area contributed by atoms with E-state index in [4.69, 9.17) is 13.9 Å². The van der Waals surface area contributed by atoms with Crippen molar-refractivity contribution in [2.45, 2.75) is 18.9 Å². The molecule has 7 nitrogen and oxygen atoms in total. The number of anilines is 1. The molecule has 8 heteroatoms. The summed E-state index contributed by atoms with van der Waals surface area (Å²) in [7, 11) is 3.11. The van der Waals surface area contributed by atoms with E-state index in [1.165, 1.54) is 12.1 Å². The van der Waals surface area contributed by atoms with Gasteiger partial charge in [0.05, 0.1) is 19.9 Å². The van der Waals surface area contributed by atoms with Gasteiger partial charge in [-0.1, -0.05) is 18.2 Å². The van der Waals surface area contributed by atoms with Gasteiger partial charge in [-0.25, -0.2) is 14.2 Å². The maximum Gasteiger partial charge on any atom is 0.322 e. The van der Waals surface area contributed by atoms with Gasteiger partial charge in [0, 0.05) is 12.6 Å². The van der Waals surface area contributed by atoms with Gasteiger partial charge in [0.2, 0.25) is 5.89 Å². The van der Waals surface area contributed by atoms with Crippen LogP contribution in [0.3, 0.4) is 0 Å². The van der Waals surface area contributed by atoms with Gasteiger partial charge < -0.3 is 24.1 Å². The first-order valence-electron chi connectivity index (χ1n) is 11.0. The van der Waals surface area contributed by atoms with Crippen LogP contribution in [-0.4, -0.2) is 36.7 Å². The van der Waals surface area contributed by atoms with Crippen LogP contribution in [0.1, 0.15) is 24.8 Å². The molecule has 0 unspecified atom stereocenters. The molecule has 5 rings (SSSR count). The molecule has 1 aromatic heterocycles. The standard InChI is InChI=1S/C26H24FN3O4/c1-32-19-9-10-20(24(15-19)33-2)29-26(31)30-12-4-7-22(30)25-28-21-14-17(8-11-23(21)34-25)16-5-3-6-18(27)13-16/h3,5-6,8-11,13-15,22H,4,7,12H2,1-2H3,(H,29,31)/t22-/m1/s1. The van der Waals surface area contributed by atoms with E-state index in [2.05, 4.69) is 10.3 Å². The summed E-state index contributed by atoms with van der Waals surface area (Å²) < 4.78 is 30.3. The molecule has 1 aliphatic rings. The molecule has 0 aliphatic carbocycles. The molecule has 0 saturated carbocycles. The molecule has 174 valence electrons. The van der Waals surface area contributed by atoms with Gasteiger partial charge in [-0.05, 0) is 60.4 Å². The number of fused-ring (bicyclic) bond motifs is 1. The van der Waals surface area contributed by atoms with Crippen LogP contribution in [0, 0.1) is 5.82 Å². The first-order valence-corrected chi connectivity index (χ1v) is 11.0. The minimum Gasteiger partial charge on any atom is -0.497 e. The quantitative estimate of drug-likeness (QED) is 0.393. The summed E-state index contributed by atoms with van der Waals surface area (Å²) >= 11 is 0. The van der Waals surface area contributed by atoms with Crippen LogP contribution >= 0.6 is 0 Å². The molecule has 0 radical (unpaired) electrons. The molecule has 4 aromatic rings. The van der Waals surface area contributed by atoms with Crippen LogP contribution in [0.25, 0.3) is 22.2 Å². The zero-order valence-corrected chi connectivity index (χ0v) is 18.9. The third-order valence-corrected chi connectivity index (χ3v) is 6.01. The van der Waals surface area contributed by atoms with E-state index in [0.29, 0.717) is 40.7 Å². The lowest BCUT2D eigenvalue weighted by Crippen LogP contribution is -2.34. The first kappa shape index (κ1) is 21.8. The van der Waals surface area contributed by atoms with Crippen molar-refractivity contribution in [1.82, 2.24) is 9.88 Å². The number of urea groups is 1.